The van der Waals surface area contributed by atoms with E-state index >= 15 is 0 Å². The largest absolute Gasteiger partial charge is 0.493 e. The van der Waals surface area contributed by atoms with Gasteiger partial charge in [-0.2, -0.15) is 0 Å². The van der Waals surface area contributed by atoms with E-state index in [1.807, 2.05) is 23.6 Å². The van der Waals surface area contributed by atoms with Crippen LogP contribution in [-0.4, -0.2) is 23.1 Å². The highest BCUT2D eigenvalue weighted by Gasteiger charge is 2.19. The van der Waals surface area contributed by atoms with Crippen molar-refractivity contribution in [3.05, 3.63) is 47.6 Å². The molecular weight excluding hydrogens is 282 g/mol. The van der Waals surface area contributed by atoms with Crippen molar-refractivity contribution in [2.24, 2.45) is 5.92 Å². The molecule has 0 spiro atoms. The molecule has 0 fully saturated rings. The number of aromatic nitrogens is 2. The fourth-order valence-electron chi connectivity index (χ4n) is 2.68. The molecule has 4 rings (SSSR count). The molecule has 0 aliphatic carbocycles. The molecule has 1 aliphatic heterocycles. The molecule has 3 heterocycles. The van der Waals surface area contributed by atoms with Gasteiger partial charge in [-0.3, -0.25) is 0 Å². The van der Waals surface area contributed by atoms with Gasteiger partial charge < -0.3 is 10.1 Å². The first-order chi connectivity index (χ1) is 10.4. The zero-order valence-corrected chi connectivity index (χ0v) is 12.3. The topological polar surface area (TPSA) is 47.0 Å². The summed E-state index contributed by atoms with van der Waals surface area (Å²) in [6.45, 7) is 1.61. The van der Waals surface area contributed by atoms with Crippen LogP contribution in [0.2, 0.25) is 0 Å². The van der Waals surface area contributed by atoms with Crippen LogP contribution in [0.15, 0.2) is 42.0 Å². The van der Waals surface area contributed by atoms with Crippen molar-refractivity contribution in [2.75, 3.05) is 18.5 Å². The number of fused-ring (bicyclic) bond motifs is 2. The van der Waals surface area contributed by atoms with Gasteiger partial charge in [0.25, 0.3) is 0 Å². The van der Waals surface area contributed by atoms with E-state index in [2.05, 4.69) is 27.4 Å². The molecule has 1 N–H and O–H groups in total. The predicted octanol–water partition coefficient (Wildman–Crippen LogP) is 3.35. The maximum Gasteiger partial charge on any atom is 0.147 e. The van der Waals surface area contributed by atoms with Crippen molar-refractivity contribution in [3.63, 3.8) is 0 Å². The van der Waals surface area contributed by atoms with Crippen LogP contribution in [0.5, 0.6) is 5.75 Å². The Morgan fingerprint density at radius 2 is 2.19 bits per heavy atom. The van der Waals surface area contributed by atoms with E-state index in [1.54, 1.807) is 17.7 Å². The number of rotatable bonds is 3. The van der Waals surface area contributed by atoms with E-state index in [0.29, 0.717) is 5.92 Å². The molecule has 0 amide bonds. The minimum Gasteiger partial charge on any atom is -0.493 e. The predicted molar refractivity (Wildman–Crippen MR) is 85.0 cm³/mol. The Morgan fingerprint density at radius 1 is 1.24 bits per heavy atom. The van der Waals surface area contributed by atoms with E-state index in [4.69, 9.17) is 4.74 Å². The van der Waals surface area contributed by atoms with Crippen LogP contribution < -0.4 is 10.1 Å². The van der Waals surface area contributed by atoms with Crippen molar-refractivity contribution < 1.29 is 4.74 Å². The highest BCUT2D eigenvalue weighted by atomic mass is 32.1. The van der Waals surface area contributed by atoms with Gasteiger partial charge in [-0.05, 0) is 29.5 Å². The van der Waals surface area contributed by atoms with Crippen molar-refractivity contribution >= 4 is 27.4 Å². The lowest BCUT2D eigenvalue weighted by Gasteiger charge is -2.25. The minimum atomic E-state index is 0.463. The quantitative estimate of drug-likeness (QED) is 0.805. The van der Waals surface area contributed by atoms with Crippen molar-refractivity contribution in [1.29, 1.82) is 0 Å². The maximum absolute atomic E-state index is 5.83. The molecule has 0 saturated heterocycles. The fraction of sp³-hybridized carbons (Fsp3) is 0.250. The number of benzene rings is 1. The monoisotopic (exact) mass is 297 g/mol. The standard InChI is InChI=1S/C16H15N3OS/c1-2-4-14-12(3-1)7-11(9-20-14)8-17-16-15-13(5-6-21-15)18-10-19-16/h1-6,10-11H,7-9H2,(H,17,18,19)/t11-/m1/s1. The Hall–Kier alpha value is -2.14. The van der Waals surface area contributed by atoms with E-state index < -0.39 is 0 Å². The summed E-state index contributed by atoms with van der Waals surface area (Å²) in [4.78, 5) is 8.62. The molecule has 3 aromatic rings. The molecule has 21 heavy (non-hydrogen) atoms. The third-order valence-corrected chi connectivity index (χ3v) is 4.67. The van der Waals surface area contributed by atoms with E-state index in [1.165, 1.54) is 5.56 Å². The molecule has 0 saturated carbocycles. The molecular formula is C16H15N3OS. The van der Waals surface area contributed by atoms with Crippen LogP contribution in [0.1, 0.15) is 5.56 Å². The summed E-state index contributed by atoms with van der Waals surface area (Å²) in [5.74, 6) is 2.41. The summed E-state index contributed by atoms with van der Waals surface area (Å²) in [7, 11) is 0. The van der Waals surface area contributed by atoms with Crippen LogP contribution in [0.25, 0.3) is 10.2 Å². The number of anilines is 1. The zero-order valence-electron chi connectivity index (χ0n) is 11.5. The second-order valence-electron chi connectivity index (χ2n) is 5.23. The number of hydrogen-bond acceptors (Lipinski definition) is 5. The molecule has 1 aromatic carbocycles. The Labute approximate surface area is 126 Å². The molecule has 0 radical (unpaired) electrons. The minimum absolute atomic E-state index is 0.463. The molecule has 1 aliphatic rings. The highest BCUT2D eigenvalue weighted by molar-refractivity contribution is 7.17. The summed E-state index contributed by atoms with van der Waals surface area (Å²) < 4.78 is 6.95. The second kappa shape index (κ2) is 5.33. The third-order valence-electron chi connectivity index (χ3n) is 3.76. The molecule has 5 heteroatoms. The molecule has 0 unspecified atom stereocenters. The lowest BCUT2D eigenvalue weighted by Crippen LogP contribution is -2.27. The number of nitrogens with one attached hydrogen (secondary N) is 1. The Balaban J connectivity index is 1.47. The SMILES string of the molecule is c1ccc2c(c1)C[C@H](CNc1ncnc3ccsc13)CO2. The Bertz CT molecular complexity index is 771. The highest BCUT2D eigenvalue weighted by Crippen LogP contribution is 2.28. The number of ether oxygens (including phenoxy) is 1. The van der Waals surface area contributed by atoms with Crippen LogP contribution in [-0.2, 0) is 6.42 Å². The van der Waals surface area contributed by atoms with Gasteiger partial charge >= 0.3 is 0 Å². The first-order valence-corrected chi connectivity index (χ1v) is 7.91. The summed E-state index contributed by atoms with van der Waals surface area (Å²) in [6.07, 6.45) is 2.66. The van der Waals surface area contributed by atoms with Crippen molar-refractivity contribution in [2.45, 2.75) is 6.42 Å². The molecule has 106 valence electrons. The molecule has 2 aromatic heterocycles. The van der Waals surface area contributed by atoms with Crippen LogP contribution >= 0.6 is 11.3 Å². The first kappa shape index (κ1) is 12.6. The first-order valence-electron chi connectivity index (χ1n) is 7.03. The lowest BCUT2D eigenvalue weighted by molar-refractivity contribution is 0.229. The average molecular weight is 297 g/mol. The Kier molecular flexibility index (Phi) is 3.20. The van der Waals surface area contributed by atoms with Crippen LogP contribution in [0.3, 0.4) is 0 Å². The van der Waals surface area contributed by atoms with Gasteiger partial charge in [0.1, 0.15) is 17.9 Å². The van der Waals surface area contributed by atoms with Crippen molar-refractivity contribution in [1.82, 2.24) is 9.97 Å². The lowest BCUT2D eigenvalue weighted by atomic mass is 9.97. The second-order valence-corrected chi connectivity index (χ2v) is 6.14. The normalized spacial score (nSPS) is 17.2. The molecule has 1 atom stereocenters. The fourth-order valence-corrected chi connectivity index (χ4v) is 3.49. The maximum atomic E-state index is 5.83. The van der Waals surface area contributed by atoms with E-state index in [9.17, 15) is 0 Å². The van der Waals surface area contributed by atoms with E-state index in [-0.39, 0.29) is 0 Å². The molecule has 0 bridgehead atoms. The van der Waals surface area contributed by atoms with Gasteiger partial charge in [-0.15, -0.1) is 11.3 Å². The van der Waals surface area contributed by atoms with Gasteiger partial charge in [0.15, 0.2) is 0 Å². The van der Waals surface area contributed by atoms with Gasteiger partial charge in [0, 0.05) is 12.5 Å². The number of para-hydroxylation sites is 1. The van der Waals surface area contributed by atoms with E-state index in [0.717, 1.165) is 41.4 Å². The molecule has 4 nitrogen and oxygen atoms in total. The zero-order chi connectivity index (χ0) is 14.1. The van der Waals surface area contributed by atoms with Crippen LogP contribution in [0.4, 0.5) is 5.82 Å². The summed E-state index contributed by atoms with van der Waals surface area (Å²) in [5, 5.41) is 5.50. The summed E-state index contributed by atoms with van der Waals surface area (Å²) >= 11 is 1.67. The smallest absolute Gasteiger partial charge is 0.147 e. The average Bonchev–Trinajstić information content (AvgIpc) is 3.02. The van der Waals surface area contributed by atoms with Crippen LogP contribution in [0, 0.1) is 5.92 Å². The van der Waals surface area contributed by atoms with Gasteiger partial charge in [-0.25, -0.2) is 9.97 Å². The van der Waals surface area contributed by atoms with Gasteiger partial charge in [0.05, 0.1) is 16.8 Å². The van der Waals surface area contributed by atoms with Gasteiger partial charge in [-0.1, -0.05) is 18.2 Å². The summed E-state index contributed by atoms with van der Waals surface area (Å²) in [5.41, 5.74) is 2.29. The summed E-state index contributed by atoms with van der Waals surface area (Å²) in [6, 6.07) is 10.3. The number of hydrogen-bond donors (Lipinski definition) is 1. The van der Waals surface area contributed by atoms with Gasteiger partial charge in [0.2, 0.25) is 0 Å². The number of thiophene rings is 1. The third kappa shape index (κ3) is 2.45. The number of nitrogens with zero attached hydrogens (tertiary/aromatic N) is 2. The van der Waals surface area contributed by atoms with Crippen molar-refractivity contribution in [3.8, 4) is 5.75 Å². The Morgan fingerprint density at radius 3 is 3.19 bits per heavy atom.